The number of nitrogens with zero attached hydrogens (tertiary/aromatic N) is 1. The Bertz CT molecular complexity index is 619. The molecule has 1 atom stereocenters. The van der Waals surface area contributed by atoms with Crippen molar-refractivity contribution in [3.05, 3.63) is 29.8 Å². The van der Waals surface area contributed by atoms with Gasteiger partial charge in [0.25, 0.3) is 0 Å². The number of aliphatic hydroxyl groups is 1. The number of carbonyl (C=O) groups excluding carboxylic acids is 1. The van der Waals surface area contributed by atoms with Crippen molar-refractivity contribution in [3.63, 3.8) is 0 Å². The first kappa shape index (κ1) is 23.6. The average molecular weight is 490 g/mol. The molecule has 8 heteroatoms. The topological polar surface area (TPSA) is 95.0 Å². The van der Waals surface area contributed by atoms with Gasteiger partial charge in [-0.25, -0.2) is 4.99 Å². The molecule has 0 aromatic heterocycles. The van der Waals surface area contributed by atoms with E-state index in [-0.39, 0.29) is 41.9 Å². The molecule has 1 fully saturated rings. The standard InChI is InChI=1S/C19H30N4O3.HI/c1-3-20-18(22-13-19(7-9-24)8-10-26-14-19)21-12-16-5-4-6-17(11-16)23-15(2)25;/h4-6,11,24H,3,7-10,12-14H2,1-2H3,(H,23,25)(H2,20,21,22);1H. The highest BCUT2D eigenvalue weighted by atomic mass is 127. The van der Waals surface area contributed by atoms with Crippen LogP contribution in [0.15, 0.2) is 29.3 Å². The van der Waals surface area contributed by atoms with Crippen molar-refractivity contribution < 1.29 is 14.6 Å². The Morgan fingerprint density at radius 2 is 2.19 bits per heavy atom. The number of nitrogens with one attached hydrogen (secondary N) is 3. The van der Waals surface area contributed by atoms with Crippen molar-refractivity contribution in [1.82, 2.24) is 10.6 Å². The van der Waals surface area contributed by atoms with Gasteiger partial charge in [0.05, 0.1) is 13.2 Å². The molecule has 152 valence electrons. The Hall–Kier alpha value is -1.39. The van der Waals surface area contributed by atoms with Crippen molar-refractivity contribution in [1.29, 1.82) is 0 Å². The molecular formula is C19H31IN4O3. The number of amides is 1. The van der Waals surface area contributed by atoms with Crippen LogP contribution in [0.2, 0.25) is 0 Å². The minimum Gasteiger partial charge on any atom is -0.396 e. The lowest BCUT2D eigenvalue weighted by Gasteiger charge is -2.27. The van der Waals surface area contributed by atoms with Crippen LogP contribution < -0.4 is 16.0 Å². The molecule has 2 rings (SSSR count). The summed E-state index contributed by atoms with van der Waals surface area (Å²) in [6, 6.07) is 7.67. The minimum atomic E-state index is -0.0892. The molecule has 1 amide bonds. The van der Waals surface area contributed by atoms with Crippen molar-refractivity contribution in [2.45, 2.75) is 33.2 Å². The highest BCUT2D eigenvalue weighted by molar-refractivity contribution is 14.0. The third-order valence-electron chi connectivity index (χ3n) is 4.47. The predicted molar refractivity (Wildman–Crippen MR) is 119 cm³/mol. The van der Waals surface area contributed by atoms with Gasteiger partial charge in [-0.2, -0.15) is 0 Å². The Labute approximate surface area is 178 Å². The minimum absolute atomic E-state index is 0. The van der Waals surface area contributed by atoms with E-state index in [2.05, 4.69) is 20.9 Å². The number of carbonyl (C=O) groups is 1. The Balaban J connectivity index is 0.00000364. The molecule has 7 nitrogen and oxygen atoms in total. The monoisotopic (exact) mass is 490 g/mol. The van der Waals surface area contributed by atoms with Gasteiger partial charge in [-0.05, 0) is 37.5 Å². The lowest BCUT2D eigenvalue weighted by atomic mass is 9.84. The highest BCUT2D eigenvalue weighted by Crippen LogP contribution is 2.31. The number of anilines is 1. The maximum absolute atomic E-state index is 11.2. The zero-order valence-electron chi connectivity index (χ0n) is 16.1. The van der Waals surface area contributed by atoms with E-state index in [1.54, 1.807) is 0 Å². The van der Waals surface area contributed by atoms with Crippen LogP contribution in [0.25, 0.3) is 0 Å². The van der Waals surface area contributed by atoms with Crippen LogP contribution >= 0.6 is 24.0 Å². The molecule has 0 radical (unpaired) electrons. The van der Waals surface area contributed by atoms with Crippen molar-refractivity contribution >= 4 is 41.5 Å². The number of halogens is 1. The summed E-state index contributed by atoms with van der Waals surface area (Å²) in [5.74, 6) is 0.648. The second-order valence-electron chi connectivity index (χ2n) is 6.71. The molecule has 0 spiro atoms. The van der Waals surface area contributed by atoms with Crippen LogP contribution in [0.1, 0.15) is 32.3 Å². The van der Waals surface area contributed by atoms with Gasteiger partial charge in [-0.1, -0.05) is 12.1 Å². The Morgan fingerprint density at radius 1 is 1.37 bits per heavy atom. The number of rotatable bonds is 8. The number of aliphatic imine (C=N–C) groups is 1. The molecular weight excluding hydrogens is 459 g/mol. The van der Waals surface area contributed by atoms with Gasteiger partial charge in [0.15, 0.2) is 5.96 Å². The summed E-state index contributed by atoms with van der Waals surface area (Å²) in [6.07, 6.45) is 1.66. The Kier molecular flexibility index (Phi) is 10.6. The van der Waals surface area contributed by atoms with E-state index in [0.29, 0.717) is 19.7 Å². The van der Waals surface area contributed by atoms with E-state index < -0.39 is 0 Å². The van der Waals surface area contributed by atoms with Crippen LogP contribution in [-0.2, 0) is 16.1 Å². The molecule has 1 unspecified atom stereocenters. The van der Waals surface area contributed by atoms with E-state index in [4.69, 9.17) is 4.74 Å². The molecule has 1 aromatic rings. The maximum atomic E-state index is 11.2. The molecule has 1 aromatic carbocycles. The fourth-order valence-corrected chi connectivity index (χ4v) is 3.05. The van der Waals surface area contributed by atoms with Crippen LogP contribution in [0.3, 0.4) is 0 Å². The fourth-order valence-electron chi connectivity index (χ4n) is 3.05. The SMILES string of the molecule is CCNC(=NCc1cccc(NC(C)=O)c1)NCC1(CCO)CCOC1.I. The van der Waals surface area contributed by atoms with Gasteiger partial charge in [0, 0.05) is 44.3 Å². The van der Waals surface area contributed by atoms with Gasteiger partial charge in [0.2, 0.25) is 5.91 Å². The molecule has 1 aliphatic heterocycles. The van der Waals surface area contributed by atoms with Crippen LogP contribution in [0, 0.1) is 5.41 Å². The van der Waals surface area contributed by atoms with Crippen LogP contribution in [-0.4, -0.2) is 49.9 Å². The van der Waals surface area contributed by atoms with Gasteiger partial charge >= 0.3 is 0 Å². The molecule has 1 aliphatic rings. The lowest BCUT2D eigenvalue weighted by Crippen LogP contribution is -2.44. The molecule has 4 N–H and O–H groups in total. The van der Waals surface area contributed by atoms with E-state index in [0.717, 1.165) is 43.2 Å². The quantitative estimate of drug-likeness (QED) is 0.255. The third kappa shape index (κ3) is 8.02. The smallest absolute Gasteiger partial charge is 0.221 e. The summed E-state index contributed by atoms with van der Waals surface area (Å²) in [4.78, 5) is 15.8. The number of benzene rings is 1. The average Bonchev–Trinajstić information content (AvgIpc) is 3.06. The molecule has 0 bridgehead atoms. The van der Waals surface area contributed by atoms with E-state index in [1.807, 2.05) is 31.2 Å². The first-order chi connectivity index (χ1) is 12.6. The van der Waals surface area contributed by atoms with E-state index in [1.165, 1.54) is 6.92 Å². The van der Waals surface area contributed by atoms with Crippen LogP contribution in [0.4, 0.5) is 5.69 Å². The molecule has 0 aliphatic carbocycles. The zero-order chi connectivity index (χ0) is 18.8. The van der Waals surface area contributed by atoms with Gasteiger partial charge < -0.3 is 25.8 Å². The maximum Gasteiger partial charge on any atom is 0.221 e. The summed E-state index contributed by atoms with van der Waals surface area (Å²) < 4.78 is 5.53. The number of guanidine groups is 1. The number of hydrogen-bond donors (Lipinski definition) is 4. The normalized spacial score (nSPS) is 19.3. The second kappa shape index (κ2) is 12.1. The first-order valence-corrected chi connectivity index (χ1v) is 9.14. The summed E-state index contributed by atoms with van der Waals surface area (Å²) in [5, 5.41) is 18.8. The van der Waals surface area contributed by atoms with E-state index in [9.17, 15) is 9.90 Å². The molecule has 0 saturated carbocycles. The highest BCUT2D eigenvalue weighted by Gasteiger charge is 2.34. The second-order valence-corrected chi connectivity index (χ2v) is 6.71. The van der Waals surface area contributed by atoms with Crippen molar-refractivity contribution in [2.24, 2.45) is 10.4 Å². The molecule has 1 saturated heterocycles. The zero-order valence-corrected chi connectivity index (χ0v) is 18.4. The van der Waals surface area contributed by atoms with E-state index >= 15 is 0 Å². The number of hydrogen-bond acceptors (Lipinski definition) is 4. The predicted octanol–water partition coefficient (Wildman–Crippen LogP) is 2.11. The lowest BCUT2D eigenvalue weighted by molar-refractivity contribution is -0.114. The first-order valence-electron chi connectivity index (χ1n) is 9.14. The van der Waals surface area contributed by atoms with Gasteiger partial charge in [-0.15, -0.1) is 24.0 Å². The fraction of sp³-hybridized carbons (Fsp3) is 0.579. The Morgan fingerprint density at radius 3 is 2.81 bits per heavy atom. The van der Waals surface area contributed by atoms with Crippen molar-refractivity contribution in [2.75, 3.05) is 38.2 Å². The summed E-state index contributed by atoms with van der Waals surface area (Å²) in [5.41, 5.74) is 1.76. The summed E-state index contributed by atoms with van der Waals surface area (Å²) in [6.45, 7) is 7.07. The summed E-state index contributed by atoms with van der Waals surface area (Å²) >= 11 is 0. The largest absolute Gasteiger partial charge is 0.396 e. The van der Waals surface area contributed by atoms with Crippen molar-refractivity contribution in [3.8, 4) is 0 Å². The van der Waals surface area contributed by atoms with Crippen LogP contribution in [0.5, 0.6) is 0 Å². The molecule has 1 heterocycles. The number of ether oxygens (including phenoxy) is 1. The third-order valence-corrected chi connectivity index (χ3v) is 4.47. The molecule has 27 heavy (non-hydrogen) atoms. The van der Waals surface area contributed by atoms with Gasteiger partial charge in [0.1, 0.15) is 0 Å². The number of aliphatic hydroxyl groups excluding tert-OH is 1. The van der Waals surface area contributed by atoms with Gasteiger partial charge in [-0.3, -0.25) is 4.79 Å². The summed E-state index contributed by atoms with van der Waals surface area (Å²) in [7, 11) is 0.